The van der Waals surface area contributed by atoms with Crippen LogP contribution in [0.3, 0.4) is 0 Å². The SMILES string of the molecule is CC(CN1CCCC1)NC1CCCCCCCCCCC1. The fourth-order valence-electron chi connectivity index (χ4n) is 4.14. The maximum Gasteiger partial charge on any atom is 0.0169 e. The maximum atomic E-state index is 3.96. The Bertz CT molecular complexity index is 236. The zero-order valence-corrected chi connectivity index (χ0v) is 14.4. The molecule has 1 N–H and O–H groups in total. The highest BCUT2D eigenvalue weighted by Gasteiger charge is 2.17. The van der Waals surface area contributed by atoms with Gasteiger partial charge in [-0.3, -0.25) is 0 Å². The van der Waals surface area contributed by atoms with Crippen LogP contribution in [0.4, 0.5) is 0 Å². The van der Waals surface area contributed by atoms with E-state index in [2.05, 4.69) is 17.1 Å². The normalized spacial score (nSPS) is 26.1. The number of nitrogens with zero attached hydrogens (tertiary/aromatic N) is 1. The standard InChI is InChI=1S/C19H38N2/c1-18(17-21-15-11-12-16-21)20-19-13-9-7-5-3-2-4-6-8-10-14-19/h18-20H,2-17H2,1H3. The first-order chi connectivity index (χ1) is 10.3. The predicted molar refractivity (Wildman–Crippen MR) is 92.8 cm³/mol. The van der Waals surface area contributed by atoms with Crippen LogP contribution >= 0.6 is 0 Å². The molecule has 2 heteroatoms. The summed E-state index contributed by atoms with van der Waals surface area (Å²) in [4.78, 5) is 2.65. The van der Waals surface area contributed by atoms with Crippen LogP contribution in [-0.4, -0.2) is 36.6 Å². The second-order valence-electron chi connectivity index (χ2n) is 7.53. The maximum absolute atomic E-state index is 3.96. The van der Waals surface area contributed by atoms with Crippen molar-refractivity contribution in [2.24, 2.45) is 0 Å². The van der Waals surface area contributed by atoms with Crippen LogP contribution in [-0.2, 0) is 0 Å². The number of likely N-dealkylation sites (tertiary alicyclic amines) is 1. The summed E-state index contributed by atoms with van der Waals surface area (Å²) in [6.45, 7) is 6.32. The van der Waals surface area contributed by atoms with E-state index in [9.17, 15) is 0 Å². The van der Waals surface area contributed by atoms with Crippen LogP contribution < -0.4 is 5.32 Å². The van der Waals surface area contributed by atoms with E-state index < -0.39 is 0 Å². The van der Waals surface area contributed by atoms with Gasteiger partial charge in [-0.2, -0.15) is 0 Å². The Morgan fingerprint density at radius 2 is 1.24 bits per heavy atom. The summed E-state index contributed by atoms with van der Waals surface area (Å²) in [6, 6.07) is 1.45. The molecule has 0 aromatic heterocycles. The van der Waals surface area contributed by atoms with Gasteiger partial charge in [0.2, 0.25) is 0 Å². The van der Waals surface area contributed by atoms with Crippen LogP contribution in [0.15, 0.2) is 0 Å². The monoisotopic (exact) mass is 294 g/mol. The fourth-order valence-corrected chi connectivity index (χ4v) is 4.14. The molecule has 21 heavy (non-hydrogen) atoms. The molecule has 2 nitrogen and oxygen atoms in total. The van der Waals surface area contributed by atoms with E-state index in [1.165, 1.54) is 103 Å². The molecular weight excluding hydrogens is 256 g/mol. The van der Waals surface area contributed by atoms with E-state index in [0.29, 0.717) is 6.04 Å². The average Bonchev–Trinajstić information content (AvgIpc) is 2.94. The molecule has 2 aliphatic rings. The fraction of sp³-hybridized carbons (Fsp3) is 1.00. The summed E-state index contributed by atoms with van der Waals surface area (Å²) in [6.07, 6.45) is 18.8. The number of nitrogens with one attached hydrogen (secondary N) is 1. The predicted octanol–water partition coefficient (Wildman–Crippen LogP) is 4.73. The van der Waals surface area contributed by atoms with Gasteiger partial charge < -0.3 is 10.2 Å². The second-order valence-corrected chi connectivity index (χ2v) is 7.53. The number of rotatable bonds is 4. The van der Waals surface area contributed by atoms with Crippen molar-refractivity contribution < 1.29 is 0 Å². The molecule has 0 amide bonds. The minimum atomic E-state index is 0.668. The highest BCUT2D eigenvalue weighted by molar-refractivity contribution is 4.77. The lowest BCUT2D eigenvalue weighted by atomic mass is 9.97. The first-order valence-corrected chi connectivity index (χ1v) is 9.83. The van der Waals surface area contributed by atoms with Gasteiger partial charge in [0.25, 0.3) is 0 Å². The molecule has 2 fully saturated rings. The lowest BCUT2D eigenvalue weighted by Gasteiger charge is -2.27. The molecule has 1 saturated heterocycles. The minimum Gasteiger partial charge on any atom is -0.310 e. The van der Waals surface area contributed by atoms with Gasteiger partial charge in [0.1, 0.15) is 0 Å². The molecule has 0 aromatic carbocycles. The highest BCUT2D eigenvalue weighted by Crippen LogP contribution is 2.17. The molecule has 0 aromatic rings. The zero-order valence-electron chi connectivity index (χ0n) is 14.4. The molecule has 1 atom stereocenters. The Hall–Kier alpha value is -0.0800. The molecule has 1 heterocycles. The van der Waals surface area contributed by atoms with E-state index in [0.717, 1.165) is 6.04 Å². The Morgan fingerprint density at radius 1 is 0.762 bits per heavy atom. The van der Waals surface area contributed by atoms with Crippen molar-refractivity contribution in [2.45, 2.75) is 102 Å². The Morgan fingerprint density at radius 3 is 1.76 bits per heavy atom. The lowest BCUT2D eigenvalue weighted by molar-refractivity contribution is 0.274. The van der Waals surface area contributed by atoms with Crippen molar-refractivity contribution in [2.75, 3.05) is 19.6 Å². The van der Waals surface area contributed by atoms with Crippen LogP contribution in [0.5, 0.6) is 0 Å². The molecule has 0 radical (unpaired) electrons. The second kappa shape index (κ2) is 10.6. The molecule has 1 aliphatic carbocycles. The lowest BCUT2D eigenvalue weighted by Crippen LogP contribution is -2.43. The molecule has 1 aliphatic heterocycles. The summed E-state index contributed by atoms with van der Waals surface area (Å²) in [7, 11) is 0. The van der Waals surface area contributed by atoms with Gasteiger partial charge in [-0.15, -0.1) is 0 Å². The Kier molecular flexibility index (Phi) is 8.73. The van der Waals surface area contributed by atoms with Gasteiger partial charge >= 0.3 is 0 Å². The summed E-state index contributed by atoms with van der Waals surface area (Å²) >= 11 is 0. The van der Waals surface area contributed by atoms with Crippen molar-refractivity contribution in [1.29, 1.82) is 0 Å². The van der Waals surface area contributed by atoms with E-state index >= 15 is 0 Å². The summed E-state index contributed by atoms with van der Waals surface area (Å²) in [5.41, 5.74) is 0. The molecule has 124 valence electrons. The van der Waals surface area contributed by atoms with Gasteiger partial charge in [0.05, 0.1) is 0 Å². The van der Waals surface area contributed by atoms with Crippen molar-refractivity contribution in [3.8, 4) is 0 Å². The third-order valence-electron chi connectivity index (χ3n) is 5.36. The van der Waals surface area contributed by atoms with Gasteiger partial charge in [0, 0.05) is 18.6 Å². The third-order valence-corrected chi connectivity index (χ3v) is 5.36. The van der Waals surface area contributed by atoms with E-state index in [4.69, 9.17) is 0 Å². The van der Waals surface area contributed by atoms with Crippen molar-refractivity contribution in [3.05, 3.63) is 0 Å². The minimum absolute atomic E-state index is 0.668. The summed E-state index contributed by atoms with van der Waals surface area (Å²) in [5, 5.41) is 3.96. The molecule has 0 bridgehead atoms. The Balaban J connectivity index is 1.68. The molecule has 1 saturated carbocycles. The molecule has 2 rings (SSSR count). The first-order valence-electron chi connectivity index (χ1n) is 9.83. The first kappa shape index (κ1) is 17.3. The quantitative estimate of drug-likeness (QED) is 0.806. The van der Waals surface area contributed by atoms with Crippen LogP contribution in [0.25, 0.3) is 0 Å². The van der Waals surface area contributed by atoms with Crippen molar-refractivity contribution in [3.63, 3.8) is 0 Å². The van der Waals surface area contributed by atoms with Gasteiger partial charge in [0.15, 0.2) is 0 Å². The zero-order chi connectivity index (χ0) is 14.8. The van der Waals surface area contributed by atoms with Crippen LogP contribution in [0.1, 0.15) is 90.4 Å². The smallest absolute Gasteiger partial charge is 0.0169 e. The topological polar surface area (TPSA) is 15.3 Å². The third kappa shape index (κ3) is 7.65. The van der Waals surface area contributed by atoms with E-state index in [1.54, 1.807) is 0 Å². The summed E-state index contributed by atoms with van der Waals surface area (Å²) < 4.78 is 0. The van der Waals surface area contributed by atoms with Crippen LogP contribution in [0.2, 0.25) is 0 Å². The van der Waals surface area contributed by atoms with Crippen LogP contribution in [0, 0.1) is 0 Å². The van der Waals surface area contributed by atoms with Gasteiger partial charge in [-0.1, -0.05) is 57.8 Å². The molecular formula is C19H38N2. The number of hydrogen-bond donors (Lipinski definition) is 1. The Labute approximate surface area is 133 Å². The molecule has 0 spiro atoms. The van der Waals surface area contributed by atoms with Crippen molar-refractivity contribution >= 4 is 0 Å². The average molecular weight is 295 g/mol. The summed E-state index contributed by atoms with van der Waals surface area (Å²) in [5.74, 6) is 0. The largest absolute Gasteiger partial charge is 0.310 e. The molecule has 1 unspecified atom stereocenters. The van der Waals surface area contributed by atoms with Gasteiger partial charge in [-0.25, -0.2) is 0 Å². The van der Waals surface area contributed by atoms with E-state index in [-0.39, 0.29) is 0 Å². The number of hydrogen-bond acceptors (Lipinski definition) is 2. The van der Waals surface area contributed by atoms with E-state index in [1.807, 2.05) is 0 Å². The van der Waals surface area contributed by atoms with Crippen molar-refractivity contribution in [1.82, 2.24) is 10.2 Å². The highest BCUT2D eigenvalue weighted by atomic mass is 15.2. The van der Waals surface area contributed by atoms with Gasteiger partial charge in [-0.05, 0) is 45.7 Å².